The smallest absolute Gasteiger partial charge is 0.234 e. The number of hydrogen-bond donors (Lipinski definition) is 0. The summed E-state index contributed by atoms with van der Waals surface area (Å²) in [4.78, 5) is 9.37. The maximum absolute atomic E-state index is 4.77. The number of nitrogens with zero attached hydrogens (tertiary/aromatic N) is 3. The van der Waals surface area contributed by atoms with Gasteiger partial charge in [0.25, 0.3) is 0 Å². The Kier molecular flexibility index (Phi) is 3.11. The third-order valence-electron chi connectivity index (χ3n) is 5.27. The van der Waals surface area contributed by atoms with Crippen molar-refractivity contribution < 1.29 is 0 Å². The van der Waals surface area contributed by atoms with E-state index in [1.165, 1.54) is 29.9 Å². The molecule has 0 amide bonds. The topological polar surface area (TPSA) is 30.2 Å². The molecule has 3 rings (SSSR count). The van der Waals surface area contributed by atoms with E-state index in [1.54, 1.807) is 0 Å². The van der Waals surface area contributed by atoms with Crippen molar-refractivity contribution in [3.05, 3.63) is 28.8 Å². The van der Waals surface area contributed by atoms with Gasteiger partial charge in [0.1, 0.15) is 0 Å². The predicted molar refractivity (Wildman–Crippen MR) is 82.0 cm³/mol. The van der Waals surface area contributed by atoms with Crippen molar-refractivity contribution in [1.29, 1.82) is 0 Å². The number of fused-ring (bicyclic) bond motifs is 3. The molecule has 0 N–H and O–H groups in total. The quantitative estimate of drug-likeness (QED) is 0.829. The van der Waals surface area contributed by atoms with Crippen LogP contribution in [-0.4, -0.2) is 14.4 Å². The summed E-state index contributed by atoms with van der Waals surface area (Å²) in [5.74, 6) is 1.64. The van der Waals surface area contributed by atoms with Crippen molar-refractivity contribution >= 4 is 5.78 Å². The third-order valence-corrected chi connectivity index (χ3v) is 5.27. The minimum Gasteiger partial charge on any atom is -0.285 e. The molecule has 0 bridgehead atoms. The first-order chi connectivity index (χ1) is 9.42. The van der Waals surface area contributed by atoms with Crippen LogP contribution >= 0.6 is 0 Å². The minimum absolute atomic E-state index is 0.411. The molecule has 0 spiro atoms. The van der Waals surface area contributed by atoms with E-state index in [4.69, 9.17) is 4.98 Å². The highest BCUT2D eigenvalue weighted by atomic mass is 15.1. The van der Waals surface area contributed by atoms with Gasteiger partial charge in [-0.2, -0.15) is 0 Å². The van der Waals surface area contributed by atoms with Crippen molar-refractivity contribution in [3.63, 3.8) is 0 Å². The van der Waals surface area contributed by atoms with Crippen LogP contribution < -0.4 is 0 Å². The molecule has 108 valence electrons. The van der Waals surface area contributed by atoms with E-state index in [-0.39, 0.29) is 0 Å². The van der Waals surface area contributed by atoms with Gasteiger partial charge in [-0.3, -0.25) is 4.40 Å². The number of aromatic nitrogens is 3. The number of imidazole rings is 1. The Morgan fingerprint density at radius 3 is 2.75 bits per heavy atom. The SMILES string of the molecule is CCC(C)(C)C1CCc2nc3nc(C)cc(C)n3c2C1. The highest BCUT2D eigenvalue weighted by Gasteiger charge is 2.33. The van der Waals surface area contributed by atoms with Gasteiger partial charge in [0.15, 0.2) is 0 Å². The van der Waals surface area contributed by atoms with Crippen LogP contribution in [0, 0.1) is 25.2 Å². The fourth-order valence-corrected chi connectivity index (χ4v) is 3.50. The summed E-state index contributed by atoms with van der Waals surface area (Å²) in [7, 11) is 0. The van der Waals surface area contributed by atoms with Gasteiger partial charge in [-0.15, -0.1) is 0 Å². The summed E-state index contributed by atoms with van der Waals surface area (Å²) in [5, 5.41) is 0. The molecule has 0 radical (unpaired) electrons. The number of rotatable bonds is 2. The summed E-state index contributed by atoms with van der Waals surface area (Å²) in [5.41, 5.74) is 5.41. The van der Waals surface area contributed by atoms with Crippen molar-refractivity contribution in [3.8, 4) is 0 Å². The third kappa shape index (κ3) is 2.04. The van der Waals surface area contributed by atoms with E-state index in [0.29, 0.717) is 5.41 Å². The summed E-state index contributed by atoms with van der Waals surface area (Å²) < 4.78 is 2.28. The summed E-state index contributed by atoms with van der Waals surface area (Å²) in [6.07, 6.45) is 4.74. The summed E-state index contributed by atoms with van der Waals surface area (Å²) in [6, 6.07) is 2.16. The van der Waals surface area contributed by atoms with Gasteiger partial charge in [0.2, 0.25) is 5.78 Å². The highest BCUT2D eigenvalue weighted by Crippen LogP contribution is 2.39. The van der Waals surface area contributed by atoms with E-state index in [1.807, 2.05) is 6.92 Å². The van der Waals surface area contributed by atoms with Crippen LogP contribution in [0.4, 0.5) is 0 Å². The maximum Gasteiger partial charge on any atom is 0.234 e. The lowest BCUT2D eigenvalue weighted by molar-refractivity contribution is 0.180. The molecule has 1 atom stereocenters. The van der Waals surface area contributed by atoms with Crippen LogP contribution in [0.25, 0.3) is 5.78 Å². The van der Waals surface area contributed by atoms with Gasteiger partial charge in [0.05, 0.1) is 5.69 Å². The minimum atomic E-state index is 0.411. The average Bonchev–Trinajstić information content (AvgIpc) is 2.75. The first-order valence-electron chi connectivity index (χ1n) is 7.77. The van der Waals surface area contributed by atoms with Crippen molar-refractivity contribution in [2.24, 2.45) is 11.3 Å². The van der Waals surface area contributed by atoms with Crippen LogP contribution in [0.2, 0.25) is 0 Å². The second-order valence-electron chi connectivity index (χ2n) is 6.96. The zero-order valence-electron chi connectivity index (χ0n) is 13.3. The Morgan fingerprint density at radius 2 is 2.05 bits per heavy atom. The molecule has 1 aliphatic rings. The molecule has 3 nitrogen and oxygen atoms in total. The van der Waals surface area contributed by atoms with Crippen molar-refractivity contribution in [1.82, 2.24) is 14.4 Å². The Hall–Kier alpha value is -1.38. The molecule has 2 aromatic rings. The summed E-state index contributed by atoms with van der Waals surface area (Å²) in [6.45, 7) is 11.3. The molecule has 1 unspecified atom stereocenters. The Bertz CT molecular complexity index is 652. The average molecular weight is 271 g/mol. The normalized spacial score (nSPS) is 19.4. The van der Waals surface area contributed by atoms with Crippen LogP contribution in [0.15, 0.2) is 6.07 Å². The van der Waals surface area contributed by atoms with Gasteiger partial charge < -0.3 is 0 Å². The van der Waals surface area contributed by atoms with Crippen molar-refractivity contribution in [2.75, 3.05) is 0 Å². The van der Waals surface area contributed by atoms with Crippen LogP contribution in [0.1, 0.15) is 56.4 Å². The van der Waals surface area contributed by atoms with Crippen molar-refractivity contribution in [2.45, 2.75) is 60.3 Å². The van der Waals surface area contributed by atoms with Gasteiger partial charge in [-0.25, -0.2) is 9.97 Å². The molecular formula is C17H25N3. The number of hydrogen-bond acceptors (Lipinski definition) is 2. The Labute approximate surface area is 121 Å². The van der Waals surface area contributed by atoms with Gasteiger partial charge >= 0.3 is 0 Å². The molecule has 20 heavy (non-hydrogen) atoms. The molecule has 0 saturated heterocycles. The molecule has 0 aliphatic heterocycles. The molecule has 0 saturated carbocycles. The maximum atomic E-state index is 4.77. The highest BCUT2D eigenvalue weighted by molar-refractivity contribution is 5.40. The zero-order valence-corrected chi connectivity index (χ0v) is 13.3. The van der Waals surface area contributed by atoms with Gasteiger partial charge in [-0.05, 0) is 50.5 Å². The van der Waals surface area contributed by atoms with Crippen LogP contribution in [0.3, 0.4) is 0 Å². The van der Waals surface area contributed by atoms with E-state index >= 15 is 0 Å². The molecule has 0 fully saturated rings. The lowest BCUT2D eigenvalue weighted by atomic mass is 9.70. The second-order valence-corrected chi connectivity index (χ2v) is 6.96. The molecule has 3 heteroatoms. The Morgan fingerprint density at radius 1 is 1.30 bits per heavy atom. The molecule has 2 aromatic heterocycles. The molecule has 2 heterocycles. The lowest BCUT2D eigenvalue weighted by Gasteiger charge is -2.36. The predicted octanol–water partition coefficient (Wildman–Crippen LogP) is 3.89. The fraction of sp³-hybridized carbons (Fsp3) is 0.647. The molecular weight excluding hydrogens is 246 g/mol. The van der Waals surface area contributed by atoms with E-state index in [9.17, 15) is 0 Å². The van der Waals surface area contributed by atoms with Crippen LogP contribution in [0.5, 0.6) is 0 Å². The standard InChI is InChI=1S/C17H25N3/c1-6-17(4,5)13-7-8-14-15(10-13)20-12(3)9-11(2)18-16(20)19-14/h9,13H,6-8,10H2,1-5H3. The fourth-order valence-electron chi connectivity index (χ4n) is 3.50. The van der Waals surface area contributed by atoms with E-state index in [2.05, 4.69) is 43.1 Å². The monoisotopic (exact) mass is 271 g/mol. The first-order valence-corrected chi connectivity index (χ1v) is 7.77. The largest absolute Gasteiger partial charge is 0.285 e. The van der Waals surface area contributed by atoms with Crippen LogP contribution in [-0.2, 0) is 12.8 Å². The van der Waals surface area contributed by atoms with E-state index in [0.717, 1.165) is 30.2 Å². The first kappa shape index (κ1) is 13.6. The van der Waals surface area contributed by atoms with Gasteiger partial charge in [0, 0.05) is 17.1 Å². The summed E-state index contributed by atoms with van der Waals surface area (Å²) >= 11 is 0. The van der Waals surface area contributed by atoms with E-state index < -0.39 is 0 Å². The van der Waals surface area contributed by atoms with Gasteiger partial charge in [-0.1, -0.05) is 27.2 Å². The number of aryl methyl sites for hydroxylation is 3. The molecule has 1 aliphatic carbocycles. The zero-order chi connectivity index (χ0) is 14.5. The Balaban J connectivity index is 2.09. The second kappa shape index (κ2) is 4.57. The lowest BCUT2D eigenvalue weighted by Crippen LogP contribution is -2.29. The molecule has 0 aromatic carbocycles.